The SMILES string of the molecule is NC1CCCC1CN1CC2CCC(O)C2C1. The Morgan fingerprint density at radius 1 is 1.12 bits per heavy atom. The first-order chi connectivity index (χ1) is 7.74. The van der Waals surface area contributed by atoms with E-state index in [1.165, 1.54) is 38.8 Å². The van der Waals surface area contributed by atoms with E-state index >= 15 is 0 Å². The van der Waals surface area contributed by atoms with Crippen LogP contribution in [0.2, 0.25) is 0 Å². The predicted molar refractivity (Wildman–Crippen MR) is 64.0 cm³/mol. The number of hydrogen-bond acceptors (Lipinski definition) is 3. The van der Waals surface area contributed by atoms with Crippen molar-refractivity contribution in [3.63, 3.8) is 0 Å². The molecule has 2 aliphatic carbocycles. The molecular weight excluding hydrogens is 200 g/mol. The number of aliphatic hydroxyl groups is 1. The van der Waals surface area contributed by atoms with Crippen LogP contribution in [0.3, 0.4) is 0 Å². The second kappa shape index (κ2) is 4.28. The van der Waals surface area contributed by atoms with E-state index in [4.69, 9.17) is 5.73 Å². The summed E-state index contributed by atoms with van der Waals surface area (Å²) < 4.78 is 0. The van der Waals surface area contributed by atoms with Crippen LogP contribution in [0, 0.1) is 17.8 Å². The molecule has 0 bridgehead atoms. The van der Waals surface area contributed by atoms with E-state index in [-0.39, 0.29) is 6.10 Å². The Labute approximate surface area is 98.0 Å². The molecule has 0 aromatic carbocycles. The first-order valence-electron chi connectivity index (χ1n) is 6.90. The van der Waals surface area contributed by atoms with E-state index in [1.807, 2.05) is 0 Å². The molecule has 3 rings (SSSR count). The molecule has 5 unspecified atom stereocenters. The Kier molecular flexibility index (Phi) is 2.94. The number of nitrogens with two attached hydrogens (primary N) is 1. The number of rotatable bonds is 2. The maximum Gasteiger partial charge on any atom is 0.0583 e. The summed E-state index contributed by atoms with van der Waals surface area (Å²) in [5.41, 5.74) is 6.12. The number of hydrogen-bond donors (Lipinski definition) is 2. The van der Waals surface area contributed by atoms with Crippen molar-refractivity contribution in [3.8, 4) is 0 Å². The van der Waals surface area contributed by atoms with Crippen LogP contribution in [-0.2, 0) is 0 Å². The smallest absolute Gasteiger partial charge is 0.0583 e. The molecule has 0 radical (unpaired) electrons. The number of fused-ring (bicyclic) bond motifs is 1. The Bertz CT molecular complexity index is 258. The number of likely N-dealkylation sites (tertiary alicyclic amines) is 1. The van der Waals surface area contributed by atoms with E-state index in [0.29, 0.717) is 12.0 Å². The highest BCUT2D eigenvalue weighted by Gasteiger charge is 2.42. The number of nitrogens with zero attached hydrogens (tertiary/aromatic N) is 1. The molecular formula is C13H24N2O. The molecule has 0 aromatic heterocycles. The van der Waals surface area contributed by atoms with Gasteiger partial charge in [-0.15, -0.1) is 0 Å². The van der Waals surface area contributed by atoms with Gasteiger partial charge in [-0.05, 0) is 37.5 Å². The van der Waals surface area contributed by atoms with Crippen LogP contribution in [0.5, 0.6) is 0 Å². The normalized spacial score (nSPS) is 48.8. The van der Waals surface area contributed by atoms with Crippen LogP contribution in [0.25, 0.3) is 0 Å². The minimum atomic E-state index is -0.0211. The molecule has 3 fully saturated rings. The molecule has 3 heteroatoms. The largest absolute Gasteiger partial charge is 0.393 e. The highest BCUT2D eigenvalue weighted by atomic mass is 16.3. The molecule has 0 aromatic rings. The van der Waals surface area contributed by atoms with Crippen molar-refractivity contribution in [3.05, 3.63) is 0 Å². The summed E-state index contributed by atoms with van der Waals surface area (Å²) in [7, 11) is 0. The summed E-state index contributed by atoms with van der Waals surface area (Å²) in [6.07, 6.45) is 6.09. The van der Waals surface area contributed by atoms with Gasteiger partial charge in [0.2, 0.25) is 0 Å². The molecule has 1 saturated heterocycles. The van der Waals surface area contributed by atoms with Gasteiger partial charge in [-0.25, -0.2) is 0 Å². The molecule has 3 nitrogen and oxygen atoms in total. The average Bonchev–Trinajstić information content (AvgIpc) is 2.90. The fraction of sp³-hybridized carbons (Fsp3) is 1.00. The summed E-state index contributed by atoms with van der Waals surface area (Å²) in [5, 5.41) is 9.88. The van der Waals surface area contributed by atoms with E-state index < -0.39 is 0 Å². The maximum atomic E-state index is 9.88. The lowest BCUT2D eigenvalue weighted by atomic mass is 10.00. The zero-order valence-corrected chi connectivity index (χ0v) is 10.0. The van der Waals surface area contributed by atoms with Crippen LogP contribution < -0.4 is 5.73 Å². The molecule has 0 spiro atoms. The number of aliphatic hydroxyl groups excluding tert-OH is 1. The van der Waals surface area contributed by atoms with Gasteiger partial charge in [0, 0.05) is 31.6 Å². The van der Waals surface area contributed by atoms with E-state index in [9.17, 15) is 5.11 Å². The molecule has 0 amide bonds. The Hall–Kier alpha value is -0.120. The van der Waals surface area contributed by atoms with E-state index in [2.05, 4.69) is 4.90 Å². The molecule has 3 aliphatic rings. The van der Waals surface area contributed by atoms with Crippen molar-refractivity contribution in [2.24, 2.45) is 23.5 Å². The summed E-state index contributed by atoms with van der Waals surface area (Å²) in [6, 6.07) is 0.436. The Morgan fingerprint density at radius 3 is 2.69 bits per heavy atom. The highest BCUT2D eigenvalue weighted by Crippen LogP contribution is 2.39. The van der Waals surface area contributed by atoms with Crippen molar-refractivity contribution < 1.29 is 5.11 Å². The van der Waals surface area contributed by atoms with Gasteiger partial charge < -0.3 is 15.7 Å². The summed E-state index contributed by atoms with van der Waals surface area (Å²) in [5.74, 6) is 2.06. The first-order valence-corrected chi connectivity index (χ1v) is 6.90. The first kappa shape index (κ1) is 11.0. The van der Waals surface area contributed by atoms with Crippen LogP contribution in [-0.4, -0.2) is 41.8 Å². The van der Waals surface area contributed by atoms with Gasteiger partial charge in [-0.2, -0.15) is 0 Å². The lowest BCUT2D eigenvalue weighted by Crippen LogP contribution is -2.36. The zero-order chi connectivity index (χ0) is 11.1. The zero-order valence-electron chi connectivity index (χ0n) is 10.0. The second-order valence-electron chi connectivity index (χ2n) is 6.14. The van der Waals surface area contributed by atoms with Crippen molar-refractivity contribution in [1.29, 1.82) is 0 Å². The summed E-state index contributed by atoms with van der Waals surface area (Å²) in [6.45, 7) is 3.51. The van der Waals surface area contributed by atoms with Crippen molar-refractivity contribution >= 4 is 0 Å². The third-order valence-electron chi connectivity index (χ3n) is 5.11. The van der Waals surface area contributed by atoms with Gasteiger partial charge >= 0.3 is 0 Å². The fourth-order valence-electron chi connectivity index (χ4n) is 4.10. The molecule has 3 N–H and O–H groups in total. The summed E-state index contributed by atoms with van der Waals surface area (Å²) in [4.78, 5) is 2.56. The van der Waals surface area contributed by atoms with Crippen molar-refractivity contribution in [2.45, 2.75) is 44.2 Å². The van der Waals surface area contributed by atoms with Crippen LogP contribution in [0.1, 0.15) is 32.1 Å². The lowest BCUT2D eigenvalue weighted by Gasteiger charge is -2.24. The third-order valence-corrected chi connectivity index (χ3v) is 5.11. The maximum absolute atomic E-state index is 9.88. The van der Waals surface area contributed by atoms with Gasteiger partial charge in [-0.1, -0.05) is 6.42 Å². The molecule has 5 atom stereocenters. The van der Waals surface area contributed by atoms with Crippen LogP contribution in [0.15, 0.2) is 0 Å². The lowest BCUT2D eigenvalue weighted by molar-refractivity contribution is 0.122. The fourth-order valence-corrected chi connectivity index (χ4v) is 4.10. The Morgan fingerprint density at radius 2 is 2.00 bits per heavy atom. The van der Waals surface area contributed by atoms with Crippen molar-refractivity contribution in [1.82, 2.24) is 4.90 Å². The van der Waals surface area contributed by atoms with Crippen molar-refractivity contribution in [2.75, 3.05) is 19.6 Å². The van der Waals surface area contributed by atoms with Crippen LogP contribution >= 0.6 is 0 Å². The minimum absolute atomic E-state index is 0.0211. The second-order valence-corrected chi connectivity index (χ2v) is 6.14. The molecule has 1 aliphatic heterocycles. The van der Waals surface area contributed by atoms with E-state index in [1.54, 1.807) is 0 Å². The topological polar surface area (TPSA) is 49.5 Å². The molecule has 16 heavy (non-hydrogen) atoms. The quantitative estimate of drug-likeness (QED) is 0.730. The standard InChI is InChI=1S/C13H24N2O/c14-12-3-1-2-10(12)7-15-6-9-4-5-13(16)11(9)8-15/h9-13,16H,1-8,14H2. The Balaban J connectivity index is 1.54. The third kappa shape index (κ3) is 1.89. The molecule has 2 saturated carbocycles. The van der Waals surface area contributed by atoms with Gasteiger partial charge in [0.15, 0.2) is 0 Å². The predicted octanol–water partition coefficient (Wildman–Crippen LogP) is 0.816. The van der Waals surface area contributed by atoms with Gasteiger partial charge in [0.25, 0.3) is 0 Å². The highest BCUT2D eigenvalue weighted by molar-refractivity contribution is 4.95. The minimum Gasteiger partial charge on any atom is -0.393 e. The van der Waals surface area contributed by atoms with E-state index in [0.717, 1.165) is 24.8 Å². The average molecular weight is 224 g/mol. The molecule has 92 valence electrons. The monoisotopic (exact) mass is 224 g/mol. The molecule has 1 heterocycles. The van der Waals surface area contributed by atoms with Gasteiger partial charge in [0.1, 0.15) is 0 Å². The summed E-state index contributed by atoms with van der Waals surface area (Å²) >= 11 is 0. The van der Waals surface area contributed by atoms with Crippen LogP contribution in [0.4, 0.5) is 0 Å². The van der Waals surface area contributed by atoms with Gasteiger partial charge in [0.05, 0.1) is 6.10 Å². The van der Waals surface area contributed by atoms with Gasteiger partial charge in [-0.3, -0.25) is 0 Å².